The molecule has 0 fully saturated rings. The number of aliphatic hydroxyl groups is 1. The van der Waals surface area contributed by atoms with Crippen LogP contribution in [0.1, 0.15) is 51.6 Å². The average Bonchev–Trinajstić information content (AvgIpc) is 3.24. The fourth-order valence-corrected chi connectivity index (χ4v) is 4.88. The maximum absolute atomic E-state index is 13.9. The van der Waals surface area contributed by atoms with Crippen LogP contribution < -0.4 is 0 Å². The topological polar surface area (TPSA) is 96.1 Å². The molecule has 0 saturated heterocycles. The standard InChI is InChI=1S/C29H35N3O5/c1-18-14-32(19(2)16-33)28(34)25-13-9-8-12-24(25)23-11-7-6-10-22(23)17-36-26(18)15-31(5)29(35)27-20(3)30-37-21(27)4/h6-13,18-19,26,33H,14-17H2,1-5H3/t18-,19+,26-/m0/s1. The number of hydrogen-bond donors (Lipinski definition) is 1. The van der Waals surface area contributed by atoms with Gasteiger partial charge < -0.3 is 24.2 Å². The summed E-state index contributed by atoms with van der Waals surface area (Å²) in [4.78, 5) is 30.5. The molecule has 37 heavy (non-hydrogen) atoms. The minimum atomic E-state index is -0.388. The largest absolute Gasteiger partial charge is 0.394 e. The number of ether oxygens (including phenoxy) is 1. The predicted molar refractivity (Wildman–Crippen MR) is 140 cm³/mol. The van der Waals surface area contributed by atoms with Gasteiger partial charge in [-0.05, 0) is 43.5 Å². The number of fused-ring (bicyclic) bond motifs is 3. The third-order valence-electron chi connectivity index (χ3n) is 7.14. The van der Waals surface area contributed by atoms with Crippen LogP contribution in [0.2, 0.25) is 0 Å². The van der Waals surface area contributed by atoms with Crippen molar-refractivity contribution in [1.82, 2.24) is 15.0 Å². The zero-order chi connectivity index (χ0) is 26.7. The molecule has 8 heteroatoms. The number of carbonyl (C=O) groups excluding carboxylic acids is 2. The van der Waals surface area contributed by atoms with Gasteiger partial charge in [-0.25, -0.2) is 0 Å². The van der Waals surface area contributed by atoms with Crippen LogP contribution in [0.3, 0.4) is 0 Å². The summed E-state index contributed by atoms with van der Waals surface area (Å²) in [7, 11) is 1.73. The van der Waals surface area contributed by atoms with Gasteiger partial charge in [-0.15, -0.1) is 0 Å². The molecule has 0 radical (unpaired) electrons. The highest BCUT2D eigenvalue weighted by Gasteiger charge is 2.32. The molecule has 0 aliphatic carbocycles. The number of aryl methyl sites for hydroxylation is 2. The second kappa shape index (κ2) is 11.3. The van der Waals surface area contributed by atoms with Gasteiger partial charge in [0, 0.05) is 31.6 Å². The summed E-state index contributed by atoms with van der Waals surface area (Å²) in [5.41, 5.74) is 4.31. The van der Waals surface area contributed by atoms with E-state index in [4.69, 9.17) is 9.26 Å². The van der Waals surface area contributed by atoms with E-state index in [2.05, 4.69) is 5.16 Å². The van der Waals surface area contributed by atoms with Crippen molar-refractivity contribution >= 4 is 11.8 Å². The van der Waals surface area contributed by atoms with Crippen molar-refractivity contribution in [2.24, 2.45) is 5.92 Å². The Labute approximate surface area is 217 Å². The van der Waals surface area contributed by atoms with Crippen molar-refractivity contribution in [3.05, 3.63) is 76.7 Å². The Morgan fingerprint density at radius 3 is 2.43 bits per heavy atom. The molecule has 1 aliphatic rings. The Hall–Kier alpha value is -3.49. The first-order chi connectivity index (χ1) is 17.7. The molecule has 1 aliphatic heterocycles. The van der Waals surface area contributed by atoms with E-state index in [0.29, 0.717) is 42.3 Å². The van der Waals surface area contributed by atoms with Crippen LogP contribution >= 0.6 is 0 Å². The molecule has 0 saturated carbocycles. The lowest BCUT2D eigenvalue weighted by Crippen LogP contribution is -2.47. The SMILES string of the molecule is Cc1noc(C)c1C(=O)N(C)C[C@@H]1OCc2ccccc2-c2ccccc2C(=O)N([C@H](C)CO)C[C@@H]1C. The van der Waals surface area contributed by atoms with Crippen molar-refractivity contribution in [3.8, 4) is 11.1 Å². The van der Waals surface area contributed by atoms with Crippen LogP contribution in [0, 0.1) is 19.8 Å². The minimum Gasteiger partial charge on any atom is -0.394 e. The van der Waals surface area contributed by atoms with Gasteiger partial charge in [-0.3, -0.25) is 9.59 Å². The zero-order valence-electron chi connectivity index (χ0n) is 22.1. The first-order valence-electron chi connectivity index (χ1n) is 12.6. The number of aromatic nitrogens is 1. The molecule has 1 N–H and O–H groups in total. The summed E-state index contributed by atoms with van der Waals surface area (Å²) < 4.78 is 11.7. The van der Waals surface area contributed by atoms with Crippen LogP contribution in [0.25, 0.3) is 11.1 Å². The number of hydrogen-bond acceptors (Lipinski definition) is 6. The lowest BCUT2D eigenvalue weighted by Gasteiger charge is -2.35. The van der Waals surface area contributed by atoms with Gasteiger partial charge in [-0.1, -0.05) is 54.5 Å². The van der Waals surface area contributed by atoms with Crippen LogP contribution in [0.4, 0.5) is 0 Å². The fraction of sp³-hybridized carbons (Fsp3) is 0.414. The summed E-state index contributed by atoms with van der Waals surface area (Å²) >= 11 is 0. The predicted octanol–water partition coefficient (Wildman–Crippen LogP) is 4.09. The number of carbonyl (C=O) groups is 2. The summed E-state index contributed by atoms with van der Waals surface area (Å²) in [5.74, 6) is 0.0201. The molecule has 1 aromatic heterocycles. The molecule has 0 spiro atoms. The van der Waals surface area contributed by atoms with E-state index in [9.17, 15) is 14.7 Å². The van der Waals surface area contributed by atoms with Gasteiger partial charge in [0.2, 0.25) is 0 Å². The fourth-order valence-electron chi connectivity index (χ4n) is 4.88. The van der Waals surface area contributed by atoms with Crippen molar-refractivity contribution < 1.29 is 24.0 Å². The lowest BCUT2D eigenvalue weighted by molar-refractivity contribution is -0.0209. The van der Waals surface area contributed by atoms with Gasteiger partial charge in [0.25, 0.3) is 11.8 Å². The quantitative estimate of drug-likeness (QED) is 0.561. The van der Waals surface area contributed by atoms with E-state index in [1.165, 1.54) is 0 Å². The van der Waals surface area contributed by atoms with Crippen LogP contribution in [-0.2, 0) is 11.3 Å². The van der Waals surface area contributed by atoms with Gasteiger partial charge in [0.1, 0.15) is 11.3 Å². The van der Waals surface area contributed by atoms with Crippen LogP contribution in [0.15, 0.2) is 53.1 Å². The second-order valence-electron chi connectivity index (χ2n) is 9.90. The molecule has 2 amide bonds. The highest BCUT2D eigenvalue weighted by atomic mass is 16.5. The summed E-state index contributed by atoms with van der Waals surface area (Å²) in [6.45, 7) is 8.17. The highest BCUT2D eigenvalue weighted by molar-refractivity contribution is 6.01. The summed E-state index contributed by atoms with van der Waals surface area (Å²) in [6, 6.07) is 15.1. The molecule has 3 aromatic rings. The highest BCUT2D eigenvalue weighted by Crippen LogP contribution is 2.31. The van der Waals surface area contributed by atoms with Crippen molar-refractivity contribution in [2.75, 3.05) is 26.7 Å². The Morgan fingerprint density at radius 1 is 1.14 bits per heavy atom. The lowest BCUT2D eigenvalue weighted by atomic mass is 9.94. The van der Waals surface area contributed by atoms with Gasteiger partial charge >= 0.3 is 0 Å². The number of aliphatic hydroxyl groups excluding tert-OH is 1. The summed E-state index contributed by atoms with van der Waals surface area (Å²) in [5, 5.41) is 13.9. The van der Waals surface area contributed by atoms with Gasteiger partial charge in [0.15, 0.2) is 0 Å². The van der Waals surface area contributed by atoms with E-state index in [-0.39, 0.29) is 36.5 Å². The third-order valence-corrected chi connectivity index (χ3v) is 7.14. The van der Waals surface area contributed by atoms with Crippen LogP contribution in [0.5, 0.6) is 0 Å². The van der Waals surface area contributed by atoms with E-state index in [1.807, 2.05) is 62.4 Å². The number of rotatable bonds is 5. The van der Waals surface area contributed by atoms with E-state index in [1.54, 1.807) is 30.7 Å². The Balaban J connectivity index is 1.72. The maximum Gasteiger partial charge on any atom is 0.259 e. The zero-order valence-corrected chi connectivity index (χ0v) is 22.1. The molecule has 8 nitrogen and oxygen atoms in total. The first kappa shape index (κ1) is 26.6. The number of amides is 2. The number of nitrogens with zero attached hydrogens (tertiary/aromatic N) is 3. The van der Waals surface area contributed by atoms with Gasteiger partial charge in [-0.2, -0.15) is 0 Å². The molecule has 0 bridgehead atoms. The molecule has 4 rings (SSSR count). The Bertz CT molecular complexity index is 1250. The Morgan fingerprint density at radius 2 is 1.78 bits per heavy atom. The van der Waals surface area contributed by atoms with Crippen molar-refractivity contribution in [3.63, 3.8) is 0 Å². The first-order valence-corrected chi connectivity index (χ1v) is 12.6. The van der Waals surface area contributed by atoms with E-state index >= 15 is 0 Å². The Kier molecular flexibility index (Phi) is 8.10. The molecule has 2 heterocycles. The maximum atomic E-state index is 13.9. The molecular weight excluding hydrogens is 470 g/mol. The molecular formula is C29H35N3O5. The van der Waals surface area contributed by atoms with Crippen molar-refractivity contribution in [1.29, 1.82) is 0 Å². The smallest absolute Gasteiger partial charge is 0.259 e. The molecule has 2 aromatic carbocycles. The monoisotopic (exact) mass is 505 g/mol. The van der Waals surface area contributed by atoms with Crippen molar-refractivity contribution in [2.45, 2.75) is 46.4 Å². The minimum absolute atomic E-state index is 0.129. The van der Waals surface area contributed by atoms with E-state index < -0.39 is 0 Å². The second-order valence-corrected chi connectivity index (χ2v) is 9.90. The average molecular weight is 506 g/mol. The normalized spacial score (nSPS) is 19.0. The van der Waals surface area contributed by atoms with E-state index in [0.717, 1.165) is 16.7 Å². The number of benzene rings is 2. The van der Waals surface area contributed by atoms with Crippen LogP contribution in [-0.4, -0.2) is 70.8 Å². The number of likely N-dealkylation sites (N-methyl/N-ethyl adjacent to an activating group) is 1. The molecule has 0 unspecified atom stereocenters. The van der Waals surface area contributed by atoms with Gasteiger partial charge in [0.05, 0.1) is 31.1 Å². The third kappa shape index (κ3) is 5.45. The molecule has 196 valence electrons. The molecule has 3 atom stereocenters. The summed E-state index contributed by atoms with van der Waals surface area (Å²) in [6.07, 6.45) is -0.370.